The van der Waals surface area contributed by atoms with Gasteiger partial charge in [-0.05, 0) is 43.7 Å². The van der Waals surface area contributed by atoms with Crippen molar-refractivity contribution in [2.24, 2.45) is 5.92 Å². The Morgan fingerprint density at radius 2 is 1.83 bits per heavy atom. The molecule has 0 spiro atoms. The topological polar surface area (TPSA) is 66.4 Å². The maximum absolute atomic E-state index is 12.2. The van der Waals surface area contributed by atoms with Gasteiger partial charge in [0.15, 0.2) is 0 Å². The van der Waals surface area contributed by atoms with Gasteiger partial charge < -0.3 is 10.4 Å². The minimum Gasteiger partial charge on any atom is -0.480 e. The smallest absolute Gasteiger partial charge is 0.326 e. The maximum Gasteiger partial charge on any atom is 0.326 e. The zero-order chi connectivity index (χ0) is 13.3. The molecule has 0 radical (unpaired) electrons. The highest BCUT2D eigenvalue weighted by Gasteiger charge is 2.37. The van der Waals surface area contributed by atoms with Crippen molar-refractivity contribution < 1.29 is 14.7 Å². The average Bonchev–Trinajstić information content (AvgIpc) is 3.09. The third-order valence-corrected chi connectivity index (χ3v) is 3.35. The minimum atomic E-state index is -0.947. The van der Waals surface area contributed by atoms with Crippen LogP contribution in [0.4, 0.5) is 0 Å². The molecule has 4 heteroatoms. The summed E-state index contributed by atoms with van der Waals surface area (Å²) in [5, 5.41) is 11.7. The van der Waals surface area contributed by atoms with Crippen LogP contribution in [-0.4, -0.2) is 23.0 Å². The Balaban J connectivity index is 2.18. The molecular weight excluding hydrogens is 230 g/mol. The van der Waals surface area contributed by atoms with Crippen molar-refractivity contribution in [1.29, 1.82) is 0 Å². The lowest BCUT2D eigenvalue weighted by Crippen LogP contribution is -2.42. The number of rotatable bonds is 4. The molecule has 2 rings (SSSR count). The lowest BCUT2D eigenvalue weighted by molar-refractivity contribution is -0.139. The molecule has 1 aliphatic carbocycles. The standard InChI is InChI=1S/C14H17NO3/c1-8-4-3-5-9(2)11(8)13(16)15-12(14(17)18)10-6-7-10/h3-5,10,12H,6-7H2,1-2H3,(H,15,16)(H,17,18). The van der Waals surface area contributed by atoms with Crippen LogP contribution in [0.1, 0.15) is 34.3 Å². The average molecular weight is 247 g/mol. The molecule has 4 nitrogen and oxygen atoms in total. The van der Waals surface area contributed by atoms with E-state index in [4.69, 9.17) is 5.11 Å². The van der Waals surface area contributed by atoms with E-state index in [0.717, 1.165) is 24.0 Å². The molecular formula is C14H17NO3. The van der Waals surface area contributed by atoms with Gasteiger partial charge in [0.05, 0.1) is 0 Å². The summed E-state index contributed by atoms with van der Waals surface area (Å²) in [6.45, 7) is 3.71. The highest BCUT2D eigenvalue weighted by molar-refractivity contribution is 5.99. The van der Waals surface area contributed by atoms with Crippen molar-refractivity contribution >= 4 is 11.9 Å². The van der Waals surface area contributed by atoms with Gasteiger partial charge in [0.1, 0.15) is 6.04 Å². The van der Waals surface area contributed by atoms with Crippen molar-refractivity contribution in [3.8, 4) is 0 Å². The van der Waals surface area contributed by atoms with E-state index in [0.29, 0.717) is 5.56 Å². The second kappa shape index (κ2) is 4.80. The largest absolute Gasteiger partial charge is 0.480 e. The van der Waals surface area contributed by atoms with Crippen LogP contribution in [0.15, 0.2) is 18.2 Å². The predicted octanol–water partition coefficient (Wildman–Crippen LogP) is 1.90. The first-order valence-corrected chi connectivity index (χ1v) is 6.10. The zero-order valence-electron chi connectivity index (χ0n) is 10.6. The fraction of sp³-hybridized carbons (Fsp3) is 0.429. The predicted molar refractivity (Wildman–Crippen MR) is 67.5 cm³/mol. The van der Waals surface area contributed by atoms with E-state index in [9.17, 15) is 9.59 Å². The molecule has 1 fully saturated rings. The van der Waals surface area contributed by atoms with Gasteiger partial charge in [0, 0.05) is 5.56 Å². The number of nitrogens with one attached hydrogen (secondary N) is 1. The van der Waals surface area contributed by atoms with E-state index >= 15 is 0 Å². The summed E-state index contributed by atoms with van der Waals surface area (Å²) in [5.74, 6) is -1.14. The molecule has 1 atom stereocenters. The van der Waals surface area contributed by atoms with Gasteiger partial charge in [-0.1, -0.05) is 18.2 Å². The van der Waals surface area contributed by atoms with Crippen LogP contribution in [-0.2, 0) is 4.79 Å². The Morgan fingerprint density at radius 1 is 1.28 bits per heavy atom. The monoisotopic (exact) mass is 247 g/mol. The number of carbonyl (C=O) groups is 2. The second-order valence-corrected chi connectivity index (χ2v) is 4.89. The van der Waals surface area contributed by atoms with Gasteiger partial charge in [-0.2, -0.15) is 0 Å². The first kappa shape index (κ1) is 12.6. The van der Waals surface area contributed by atoms with Crippen LogP contribution in [0.2, 0.25) is 0 Å². The van der Waals surface area contributed by atoms with Crippen LogP contribution in [0.25, 0.3) is 0 Å². The molecule has 1 aromatic carbocycles. The third kappa shape index (κ3) is 2.53. The van der Waals surface area contributed by atoms with Crippen molar-refractivity contribution in [3.05, 3.63) is 34.9 Å². The Hall–Kier alpha value is -1.84. The van der Waals surface area contributed by atoms with E-state index < -0.39 is 12.0 Å². The number of carboxylic acid groups (broad SMARTS) is 1. The quantitative estimate of drug-likeness (QED) is 0.854. The van der Waals surface area contributed by atoms with E-state index in [-0.39, 0.29) is 11.8 Å². The van der Waals surface area contributed by atoms with Gasteiger partial charge in [-0.25, -0.2) is 4.79 Å². The molecule has 0 bridgehead atoms. The number of carbonyl (C=O) groups excluding carboxylic acids is 1. The minimum absolute atomic E-state index is 0.0933. The summed E-state index contributed by atoms with van der Waals surface area (Å²) in [6, 6.07) is 4.84. The molecule has 0 aromatic heterocycles. The molecule has 1 unspecified atom stereocenters. The van der Waals surface area contributed by atoms with Crippen molar-refractivity contribution in [3.63, 3.8) is 0 Å². The number of aliphatic carboxylic acids is 1. The van der Waals surface area contributed by atoms with E-state index in [1.165, 1.54) is 0 Å². The van der Waals surface area contributed by atoms with Gasteiger partial charge in [-0.15, -0.1) is 0 Å². The van der Waals surface area contributed by atoms with Crippen molar-refractivity contribution in [2.45, 2.75) is 32.7 Å². The summed E-state index contributed by atoms with van der Waals surface area (Å²) in [4.78, 5) is 23.3. The fourth-order valence-electron chi connectivity index (χ4n) is 2.20. The number of aryl methyl sites for hydroxylation is 2. The highest BCUT2D eigenvalue weighted by atomic mass is 16.4. The Morgan fingerprint density at radius 3 is 2.28 bits per heavy atom. The lowest BCUT2D eigenvalue weighted by atomic mass is 10.0. The Labute approximate surface area is 106 Å². The zero-order valence-corrected chi connectivity index (χ0v) is 10.6. The Kier molecular flexibility index (Phi) is 3.36. The van der Waals surface area contributed by atoms with Crippen molar-refractivity contribution in [1.82, 2.24) is 5.32 Å². The summed E-state index contributed by atoms with van der Waals surface area (Å²) < 4.78 is 0. The summed E-state index contributed by atoms with van der Waals surface area (Å²) in [5.41, 5.74) is 2.32. The molecule has 1 saturated carbocycles. The summed E-state index contributed by atoms with van der Waals surface area (Å²) in [6.07, 6.45) is 1.76. The van der Waals surface area contributed by atoms with E-state index in [1.807, 2.05) is 32.0 Å². The molecule has 1 aliphatic rings. The molecule has 1 aromatic rings. The summed E-state index contributed by atoms with van der Waals surface area (Å²) in [7, 11) is 0. The second-order valence-electron chi connectivity index (χ2n) is 4.89. The molecule has 2 N–H and O–H groups in total. The number of hydrogen-bond acceptors (Lipinski definition) is 2. The van der Waals surface area contributed by atoms with Gasteiger partial charge in [0.2, 0.25) is 0 Å². The molecule has 0 saturated heterocycles. The highest BCUT2D eigenvalue weighted by Crippen LogP contribution is 2.33. The fourth-order valence-corrected chi connectivity index (χ4v) is 2.20. The van der Waals surface area contributed by atoms with E-state index in [1.54, 1.807) is 0 Å². The third-order valence-electron chi connectivity index (χ3n) is 3.35. The SMILES string of the molecule is Cc1cccc(C)c1C(=O)NC(C(=O)O)C1CC1. The number of amides is 1. The van der Waals surface area contributed by atoms with Crippen molar-refractivity contribution in [2.75, 3.05) is 0 Å². The molecule has 18 heavy (non-hydrogen) atoms. The lowest BCUT2D eigenvalue weighted by Gasteiger charge is -2.15. The molecule has 1 amide bonds. The number of hydrogen-bond donors (Lipinski definition) is 2. The number of benzene rings is 1. The molecule has 96 valence electrons. The van der Waals surface area contributed by atoms with Crippen LogP contribution in [0, 0.1) is 19.8 Å². The van der Waals surface area contributed by atoms with Crippen LogP contribution in [0.5, 0.6) is 0 Å². The van der Waals surface area contributed by atoms with Crippen LogP contribution in [0.3, 0.4) is 0 Å². The first-order valence-electron chi connectivity index (χ1n) is 6.10. The molecule has 0 heterocycles. The van der Waals surface area contributed by atoms with Gasteiger partial charge >= 0.3 is 5.97 Å². The van der Waals surface area contributed by atoms with E-state index in [2.05, 4.69) is 5.32 Å². The summed E-state index contributed by atoms with van der Waals surface area (Å²) >= 11 is 0. The maximum atomic E-state index is 12.2. The Bertz CT molecular complexity index is 472. The number of carboxylic acids is 1. The first-order chi connectivity index (χ1) is 8.50. The van der Waals surface area contributed by atoms with Crippen LogP contribution >= 0.6 is 0 Å². The molecule has 0 aliphatic heterocycles. The van der Waals surface area contributed by atoms with Gasteiger partial charge in [0.25, 0.3) is 5.91 Å². The normalized spacial score (nSPS) is 16.1. The van der Waals surface area contributed by atoms with Crippen LogP contribution < -0.4 is 5.32 Å². The van der Waals surface area contributed by atoms with Gasteiger partial charge in [-0.3, -0.25) is 4.79 Å².